The van der Waals surface area contributed by atoms with Gasteiger partial charge in [-0.2, -0.15) is 26.3 Å². The third kappa shape index (κ3) is 10.2. The average Bonchev–Trinajstić information content (AvgIpc) is 3.25. The second-order valence-electron chi connectivity index (χ2n) is 15.9. The molecule has 2 aliphatic carbocycles. The van der Waals surface area contributed by atoms with Crippen LogP contribution in [-0.4, -0.2) is 22.3 Å². The highest BCUT2D eigenvalue weighted by Gasteiger charge is 2.56. The Hall–Kier alpha value is -4.76. The molecule has 4 atom stereocenters. The predicted octanol–water partition coefficient (Wildman–Crippen LogP) is 14.3. The van der Waals surface area contributed by atoms with Crippen LogP contribution in [0.3, 0.4) is 0 Å². The molecule has 0 N–H and O–H groups in total. The zero-order chi connectivity index (χ0) is 41.9. The number of pyridine rings is 2. The van der Waals surface area contributed by atoms with E-state index in [-0.39, 0.29) is 11.4 Å². The summed E-state index contributed by atoms with van der Waals surface area (Å²) >= 11 is 0. The van der Waals surface area contributed by atoms with E-state index in [1.807, 2.05) is 60.7 Å². The predicted molar refractivity (Wildman–Crippen MR) is 223 cm³/mol. The number of halogens is 6. The van der Waals surface area contributed by atoms with Crippen LogP contribution in [0.1, 0.15) is 124 Å². The number of alkyl halides is 6. The molecule has 6 rings (SSSR count). The van der Waals surface area contributed by atoms with E-state index in [1.165, 1.54) is 36.4 Å². The molecule has 0 radical (unpaired) electrons. The molecule has 0 spiro atoms. The molecule has 0 saturated carbocycles. The zero-order valence-electron chi connectivity index (χ0n) is 33.9. The third-order valence-corrected chi connectivity index (χ3v) is 11.7. The number of allylic oxidation sites excluding steroid dienone is 4. The molecule has 4 aromatic rings. The van der Waals surface area contributed by atoms with Crippen LogP contribution in [0.5, 0.6) is 0 Å². The Morgan fingerprint density at radius 3 is 1.25 bits per heavy atom. The highest BCUT2D eigenvalue weighted by molar-refractivity contribution is 5.45. The van der Waals surface area contributed by atoms with Gasteiger partial charge >= 0.3 is 12.4 Å². The van der Waals surface area contributed by atoms with Crippen molar-refractivity contribution in [2.24, 2.45) is 0 Å². The lowest BCUT2D eigenvalue weighted by Crippen LogP contribution is -2.42. The molecule has 4 unspecified atom stereocenters. The molecule has 0 bridgehead atoms. The summed E-state index contributed by atoms with van der Waals surface area (Å²) in [5.74, 6) is 0. The Kier molecular flexibility index (Phi) is 14.5. The van der Waals surface area contributed by atoms with Gasteiger partial charge in [0.05, 0.1) is 11.4 Å². The lowest BCUT2D eigenvalue weighted by Gasteiger charge is -2.37. The van der Waals surface area contributed by atoms with E-state index in [2.05, 4.69) is 23.8 Å². The van der Waals surface area contributed by atoms with Crippen molar-refractivity contribution < 1.29 is 31.1 Å². The van der Waals surface area contributed by atoms with Crippen LogP contribution in [0, 0.1) is 0 Å². The first kappa shape index (κ1) is 43.8. The minimum absolute atomic E-state index is 0.0741. The fourth-order valence-electron chi connectivity index (χ4n) is 8.06. The Bertz CT molecular complexity index is 1900. The summed E-state index contributed by atoms with van der Waals surface area (Å²) in [4.78, 5) is 8.72. The number of rotatable bonds is 18. The molecule has 2 heterocycles. The molecule has 0 amide bonds. The summed E-state index contributed by atoms with van der Waals surface area (Å²) in [6, 6.07) is 24.8. The van der Waals surface area contributed by atoms with Gasteiger partial charge in [-0.1, -0.05) is 162 Å². The fraction of sp³-hybridized carbons (Fsp3) is 0.400. The molecule has 0 saturated heterocycles. The van der Waals surface area contributed by atoms with Crippen LogP contribution in [-0.2, 0) is 28.4 Å². The summed E-state index contributed by atoms with van der Waals surface area (Å²) in [6.07, 6.45) is 9.75. The summed E-state index contributed by atoms with van der Waals surface area (Å²) < 4.78 is 97.6. The van der Waals surface area contributed by atoms with E-state index in [1.54, 1.807) is 36.7 Å². The maximum Gasteiger partial charge on any atom is 0.403 e. The van der Waals surface area contributed by atoms with Gasteiger partial charge in [0.25, 0.3) is 0 Å². The first-order valence-electron chi connectivity index (χ1n) is 21.0. The van der Waals surface area contributed by atoms with E-state index in [0.29, 0.717) is 22.3 Å². The number of unbranched alkanes of at least 4 members (excludes halogenated alkanes) is 6. The highest BCUT2D eigenvalue weighted by atomic mass is 19.4. The average molecular weight is 813 g/mol. The molecule has 312 valence electrons. The van der Waals surface area contributed by atoms with Gasteiger partial charge in [0.15, 0.2) is 0 Å². The Balaban J connectivity index is 1.30. The summed E-state index contributed by atoms with van der Waals surface area (Å²) in [5.41, 5.74) is -0.613. The first-order chi connectivity index (χ1) is 28.4. The van der Waals surface area contributed by atoms with Crippen LogP contribution in [0.4, 0.5) is 26.3 Å². The quantitative estimate of drug-likeness (QED) is 0.0741. The van der Waals surface area contributed by atoms with Crippen molar-refractivity contribution in [2.75, 3.05) is 0 Å². The number of hydrogen-bond donors (Lipinski definition) is 0. The number of benzene rings is 2. The van der Waals surface area contributed by atoms with Crippen molar-refractivity contribution in [3.63, 3.8) is 0 Å². The molecule has 9 heteroatoms. The van der Waals surface area contributed by atoms with Crippen molar-refractivity contribution in [3.8, 4) is 0 Å². The molecule has 2 aromatic carbocycles. The van der Waals surface area contributed by atoms with E-state index < -0.39 is 48.2 Å². The summed E-state index contributed by atoms with van der Waals surface area (Å²) in [7, 11) is 0. The zero-order valence-corrected chi connectivity index (χ0v) is 33.9. The second kappa shape index (κ2) is 19.5. The fourth-order valence-corrected chi connectivity index (χ4v) is 8.06. The van der Waals surface area contributed by atoms with E-state index in [4.69, 9.17) is 4.74 Å². The minimum Gasteiger partial charge on any atom is -0.356 e. The third-order valence-electron chi connectivity index (χ3n) is 11.7. The first-order valence-corrected chi connectivity index (χ1v) is 21.0. The molecule has 2 aliphatic rings. The molecule has 0 fully saturated rings. The molecule has 2 aromatic heterocycles. The normalized spacial score (nSPS) is 20.5. The molecule has 3 nitrogen and oxygen atoms in total. The Morgan fingerprint density at radius 2 is 0.949 bits per heavy atom. The standard InChI is InChI=1S/C50H54F6N2O/c1-3-5-7-11-17-37-23-25-43(57-35-37)47(49(51,52)53)31-27-41(28-32-47)45(39-19-13-9-14-20-39)59-46(40-21-15-10-16-22-40)42-29-33-48(34-30-42,50(54,55)56)44-26-24-38(36-58-44)18-12-8-6-4-2/h9-10,13-16,19-31,33,35-36,45-46H,3-8,11-12,17-18,32,34H2,1-2H3. The minimum atomic E-state index is -4.64. The number of aromatic nitrogens is 2. The maximum atomic E-state index is 15.1. The number of ether oxygens (including phenoxy) is 1. The SMILES string of the molecule is CCCCCCc1ccc(C2(C(F)(F)F)C=CC(C(OC(C3=CCC(c4ccc(CCCCCC)cn4)(C(F)(F)F)C=C3)c3ccccc3)c3ccccc3)=CC2)nc1. The highest BCUT2D eigenvalue weighted by Crippen LogP contribution is 2.51. The van der Waals surface area contributed by atoms with Crippen molar-refractivity contribution in [3.05, 3.63) is 179 Å². The van der Waals surface area contributed by atoms with Crippen molar-refractivity contribution in [2.45, 2.75) is 126 Å². The lowest BCUT2D eigenvalue weighted by molar-refractivity contribution is -0.177. The van der Waals surface area contributed by atoms with Gasteiger partial charge < -0.3 is 4.74 Å². The van der Waals surface area contributed by atoms with Gasteiger partial charge in [-0.3, -0.25) is 9.97 Å². The molecular formula is C50H54F6N2O. The van der Waals surface area contributed by atoms with Crippen molar-refractivity contribution in [1.82, 2.24) is 9.97 Å². The van der Waals surface area contributed by atoms with Gasteiger partial charge in [-0.25, -0.2) is 0 Å². The van der Waals surface area contributed by atoms with Crippen molar-refractivity contribution in [1.29, 1.82) is 0 Å². The van der Waals surface area contributed by atoms with Crippen LogP contribution < -0.4 is 0 Å². The van der Waals surface area contributed by atoms with Crippen LogP contribution in [0.15, 0.2) is 145 Å². The topological polar surface area (TPSA) is 35.0 Å². The van der Waals surface area contributed by atoms with Gasteiger partial charge in [-0.05, 0) is 84.1 Å². The van der Waals surface area contributed by atoms with E-state index in [9.17, 15) is 0 Å². The Labute approximate surface area is 345 Å². The smallest absolute Gasteiger partial charge is 0.356 e. The monoisotopic (exact) mass is 812 g/mol. The van der Waals surface area contributed by atoms with Gasteiger partial charge in [0.2, 0.25) is 0 Å². The van der Waals surface area contributed by atoms with E-state index in [0.717, 1.165) is 75.3 Å². The van der Waals surface area contributed by atoms with Crippen molar-refractivity contribution >= 4 is 0 Å². The largest absolute Gasteiger partial charge is 0.403 e. The van der Waals surface area contributed by atoms with Gasteiger partial charge in [-0.15, -0.1) is 0 Å². The molecule has 0 aliphatic heterocycles. The summed E-state index contributed by atoms with van der Waals surface area (Å²) in [6.45, 7) is 4.26. The van der Waals surface area contributed by atoms with Crippen LogP contribution in [0.2, 0.25) is 0 Å². The number of nitrogens with zero attached hydrogens (tertiary/aromatic N) is 2. The number of aryl methyl sites for hydroxylation is 2. The molecule has 59 heavy (non-hydrogen) atoms. The van der Waals surface area contributed by atoms with Crippen LogP contribution in [0.25, 0.3) is 0 Å². The van der Waals surface area contributed by atoms with Gasteiger partial charge in [0, 0.05) is 12.4 Å². The molecular weight excluding hydrogens is 759 g/mol. The number of hydrogen-bond acceptors (Lipinski definition) is 3. The van der Waals surface area contributed by atoms with Gasteiger partial charge in [0.1, 0.15) is 23.0 Å². The summed E-state index contributed by atoms with van der Waals surface area (Å²) in [5, 5.41) is 0. The van der Waals surface area contributed by atoms with Crippen LogP contribution >= 0.6 is 0 Å². The van der Waals surface area contributed by atoms with E-state index >= 15 is 26.3 Å². The second-order valence-corrected chi connectivity index (χ2v) is 15.9. The lowest BCUT2D eigenvalue weighted by atomic mass is 9.74. The maximum absolute atomic E-state index is 15.1. The Morgan fingerprint density at radius 1 is 0.542 bits per heavy atom.